The molecule has 3 heterocycles. The minimum absolute atomic E-state index is 0.280. The number of aliphatic hydroxyl groups is 1. The molecule has 2 bridgehead atoms. The van der Waals surface area contributed by atoms with E-state index in [-0.39, 0.29) is 11.8 Å². The molecule has 124 valence electrons. The van der Waals surface area contributed by atoms with Crippen molar-refractivity contribution in [3.63, 3.8) is 0 Å². The molecule has 4 rings (SSSR count). The summed E-state index contributed by atoms with van der Waals surface area (Å²) in [6, 6.07) is 4.94. The van der Waals surface area contributed by atoms with E-state index < -0.39 is 29.1 Å². The van der Waals surface area contributed by atoms with E-state index in [1.165, 1.54) is 4.90 Å². The van der Waals surface area contributed by atoms with Gasteiger partial charge in [-0.25, -0.2) is 9.74 Å². The predicted octanol–water partition coefficient (Wildman–Crippen LogP) is 1.96. The largest absolute Gasteiger partial charge is 0.390 e. The zero-order valence-electron chi connectivity index (χ0n) is 13.7. The first-order valence-corrected chi connectivity index (χ1v) is 7.97. The Morgan fingerprint density at radius 3 is 2.58 bits per heavy atom. The summed E-state index contributed by atoms with van der Waals surface area (Å²) in [5, 5.41) is 10.3. The summed E-state index contributed by atoms with van der Waals surface area (Å²) >= 11 is 0. The number of anilines is 1. The molecule has 3 fully saturated rings. The van der Waals surface area contributed by atoms with Crippen molar-refractivity contribution in [1.29, 1.82) is 0 Å². The SMILES string of the molecule is [C-]#[N+]c1ccc(N2C(=O)[C@@H]3[C@H](C2=O)C2(C)C[C@H](O)C3(C)O2)cc1C. The molecule has 0 aliphatic carbocycles. The Balaban J connectivity index is 1.79. The second-order valence-corrected chi connectivity index (χ2v) is 7.37. The Kier molecular flexibility index (Phi) is 2.83. The van der Waals surface area contributed by atoms with E-state index in [9.17, 15) is 14.7 Å². The average Bonchev–Trinajstić information content (AvgIpc) is 3.01. The maximum Gasteiger partial charge on any atom is 0.240 e. The molecule has 24 heavy (non-hydrogen) atoms. The van der Waals surface area contributed by atoms with Gasteiger partial charge in [0.2, 0.25) is 11.8 Å². The molecule has 3 aliphatic rings. The molecule has 0 radical (unpaired) electrons. The van der Waals surface area contributed by atoms with Crippen molar-refractivity contribution in [3.05, 3.63) is 35.2 Å². The minimum Gasteiger partial charge on any atom is -0.390 e. The first-order valence-electron chi connectivity index (χ1n) is 7.97. The quantitative estimate of drug-likeness (QED) is 0.633. The monoisotopic (exact) mass is 326 g/mol. The van der Waals surface area contributed by atoms with Crippen molar-refractivity contribution in [1.82, 2.24) is 0 Å². The number of rotatable bonds is 1. The summed E-state index contributed by atoms with van der Waals surface area (Å²) in [5.41, 5.74) is -0.142. The normalized spacial score (nSPS) is 40.1. The maximum atomic E-state index is 13.0. The number of nitrogens with zero attached hydrogens (tertiary/aromatic N) is 2. The van der Waals surface area contributed by atoms with E-state index in [4.69, 9.17) is 11.3 Å². The van der Waals surface area contributed by atoms with Crippen LogP contribution in [-0.2, 0) is 14.3 Å². The van der Waals surface area contributed by atoms with Gasteiger partial charge in [0.15, 0.2) is 5.69 Å². The third-order valence-corrected chi connectivity index (χ3v) is 5.85. The molecule has 6 heteroatoms. The van der Waals surface area contributed by atoms with Gasteiger partial charge >= 0.3 is 0 Å². The maximum absolute atomic E-state index is 13.0. The topological polar surface area (TPSA) is 71.2 Å². The Morgan fingerprint density at radius 2 is 1.96 bits per heavy atom. The van der Waals surface area contributed by atoms with Gasteiger partial charge in [0, 0.05) is 12.1 Å². The van der Waals surface area contributed by atoms with Gasteiger partial charge in [-0.3, -0.25) is 9.59 Å². The van der Waals surface area contributed by atoms with Gasteiger partial charge in [-0.05, 0) is 38.5 Å². The number of hydrogen-bond acceptors (Lipinski definition) is 4. The van der Waals surface area contributed by atoms with E-state index >= 15 is 0 Å². The van der Waals surface area contributed by atoms with Crippen LogP contribution in [0.4, 0.5) is 11.4 Å². The van der Waals surface area contributed by atoms with Gasteiger partial charge in [-0.1, -0.05) is 6.07 Å². The summed E-state index contributed by atoms with van der Waals surface area (Å²) in [6.45, 7) is 12.4. The standard InChI is InChI=1S/C18H18N2O4/c1-9-7-10(5-6-11(9)19-4)20-15(22)13-14(16(20)23)18(3)12(21)8-17(13,2)24-18/h5-7,12-14,21H,8H2,1-3H3/t12-,13+,14-,17?,18?/m0/s1. The van der Waals surface area contributed by atoms with Crippen molar-refractivity contribution in [3.8, 4) is 0 Å². The lowest BCUT2D eigenvalue weighted by Crippen LogP contribution is -2.49. The lowest BCUT2D eigenvalue weighted by molar-refractivity contribution is -0.132. The van der Waals surface area contributed by atoms with Crippen LogP contribution in [0, 0.1) is 25.3 Å². The lowest BCUT2D eigenvalue weighted by atomic mass is 9.67. The fraction of sp³-hybridized carbons (Fsp3) is 0.500. The van der Waals surface area contributed by atoms with Gasteiger partial charge in [-0.2, -0.15) is 0 Å². The molecule has 3 aliphatic heterocycles. The zero-order valence-corrected chi connectivity index (χ0v) is 13.7. The van der Waals surface area contributed by atoms with Gasteiger partial charge < -0.3 is 9.84 Å². The second-order valence-electron chi connectivity index (χ2n) is 7.37. The van der Waals surface area contributed by atoms with Crippen LogP contribution in [0.5, 0.6) is 0 Å². The third-order valence-electron chi connectivity index (χ3n) is 5.85. The fourth-order valence-corrected chi connectivity index (χ4v) is 4.68. The number of carbonyl (C=O) groups excluding carboxylic acids is 2. The highest BCUT2D eigenvalue weighted by Gasteiger charge is 2.75. The van der Waals surface area contributed by atoms with Crippen LogP contribution >= 0.6 is 0 Å². The van der Waals surface area contributed by atoms with E-state index in [1.807, 2.05) is 0 Å². The van der Waals surface area contributed by atoms with Crippen molar-refractivity contribution >= 4 is 23.2 Å². The van der Waals surface area contributed by atoms with Crippen molar-refractivity contribution < 1.29 is 19.4 Å². The molecule has 3 saturated heterocycles. The molecule has 1 aromatic rings. The van der Waals surface area contributed by atoms with Crippen LogP contribution in [0.3, 0.4) is 0 Å². The van der Waals surface area contributed by atoms with Gasteiger partial charge in [0.25, 0.3) is 0 Å². The highest BCUT2D eigenvalue weighted by molar-refractivity contribution is 6.23. The number of ether oxygens (including phenoxy) is 1. The number of hydrogen-bond donors (Lipinski definition) is 1. The number of benzene rings is 1. The molecular weight excluding hydrogens is 308 g/mol. The summed E-state index contributed by atoms with van der Waals surface area (Å²) in [4.78, 5) is 30.6. The van der Waals surface area contributed by atoms with E-state index in [1.54, 1.807) is 39.0 Å². The van der Waals surface area contributed by atoms with Gasteiger partial charge in [0.05, 0.1) is 30.1 Å². The molecule has 0 spiro atoms. The second kappa shape index (κ2) is 4.44. The van der Waals surface area contributed by atoms with E-state index in [0.29, 0.717) is 17.8 Å². The number of aliphatic hydroxyl groups excluding tert-OH is 1. The number of imide groups is 1. The lowest BCUT2D eigenvalue weighted by Gasteiger charge is -2.31. The molecule has 1 aromatic carbocycles. The number of amides is 2. The van der Waals surface area contributed by atoms with Crippen molar-refractivity contribution in [2.45, 2.75) is 44.5 Å². The highest BCUT2D eigenvalue weighted by atomic mass is 16.6. The minimum atomic E-state index is -1.02. The number of aryl methyl sites for hydroxylation is 1. The van der Waals surface area contributed by atoms with Crippen LogP contribution in [-0.4, -0.2) is 34.2 Å². The van der Waals surface area contributed by atoms with Crippen LogP contribution in [0.25, 0.3) is 4.85 Å². The Hall–Kier alpha value is -2.23. The number of fused-ring (bicyclic) bond motifs is 5. The molecule has 0 saturated carbocycles. The molecule has 1 N–H and O–H groups in total. The Bertz CT molecular complexity index is 829. The molecule has 5 atom stereocenters. The van der Waals surface area contributed by atoms with E-state index in [0.717, 1.165) is 5.56 Å². The highest BCUT2D eigenvalue weighted by Crippen LogP contribution is 2.61. The smallest absolute Gasteiger partial charge is 0.240 e. The Labute approximate surface area is 139 Å². The molecule has 2 amide bonds. The third kappa shape index (κ3) is 1.61. The number of carbonyl (C=O) groups is 2. The molecule has 2 unspecified atom stereocenters. The summed E-state index contributed by atoms with van der Waals surface area (Å²) in [6.07, 6.45) is -0.403. The summed E-state index contributed by atoms with van der Waals surface area (Å²) < 4.78 is 5.95. The summed E-state index contributed by atoms with van der Waals surface area (Å²) in [5.74, 6) is -1.85. The molecule has 0 aromatic heterocycles. The van der Waals surface area contributed by atoms with Gasteiger partial charge in [-0.15, -0.1) is 0 Å². The fourth-order valence-electron chi connectivity index (χ4n) is 4.68. The predicted molar refractivity (Wildman–Crippen MR) is 85.4 cm³/mol. The van der Waals surface area contributed by atoms with E-state index in [2.05, 4.69) is 4.85 Å². The Morgan fingerprint density at radius 1 is 1.29 bits per heavy atom. The zero-order chi connectivity index (χ0) is 17.4. The average molecular weight is 326 g/mol. The van der Waals surface area contributed by atoms with Crippen molar-refractivity contribution in [2.75, 3.05) is 4.90 Å². The summed E-state index contributed by atoms with van der Waals surface area (Å²) in [7, 11) is 0. The molecule has 6 nitrogen and oxygen atoms in total. The van der Waals surface area contributed by atoms with Crippen molar-refractivity contribution in [2.24, 2.45) is 11.8 Å². The van der Waals surface area contributed by atoms with Crippen LogP contribution in [0.1, 0.15) is 25.8 Å². The first-order chi connectivity index (χ1) is 11.2. The van der Waals surface area contributed by atoms with Gasteiger partial charge in [0.1, 0.15) is 5.60 Å². The van der Waals surface area contributed by atoms with Crippen LogP contribution < -0.4 is 4.90 Å². The molecular formula is C18H18N2O4. The van der Waals surface area contributed by atoms with Crippen LogP contribution in [0.15, 0.2) is 18.2 Å². The van der Waals surface area contributed by atoms with Crippen LogP contribution in [0.2, 0.25) is 0 Å². The first kappa shape index (κ1) is 15.3.